The number of rotatable bonds is 4. The number of nitrogens with zero attached hydrogens (tertiary/aromatic N) is 6. The number of piperidine rings is 2. The predicted octanol–water partition coefficient (Wildman–Crippen LogP) is 4.08. The van der Waals surface area contributed by atoms with Gasteiger partial charge >= 0.3 is 0 Å². The molecule has 2 bridgehead atoms. The molecule has 2 saturated heterocycles. The summed E-state index contributed by atoms with van der Waals surface area (Å²) >= 11 is 1.25. The summed E-state index contributed by atoms with van der Waals surface area (Å²) in [6, 6.07) is 6.79. The topological polar surface area (TPSA) is 111 Å². The van der Waals surface area contributed by atoms with E-state index in [0.29, 0.717) is 33.3 Å². The smallest absolute Gasteiger partial charge is 0.185 e. The Balaban J connectivity index is 1.37. The van der Waals surface area contributed by atoms with Crippen molar-refractivity contribution < 1.29 is 9.50 Å². The molecule has 2 aliphatic heterocycles. The van der Waals surface area contributed by atoms with Crippen molar-refractivity contribution in [3.05, 3.63) is 35.5 Å². The zero-order chi connectivity index (χ0) is 24.1. The summed E-state index contributed by atoms with van der Waals surface area (Å²) in [5.74, 6) is 0.757. The first-order chi connectivity index (χ1) is 16.2. The molecule has 0 amide bonds. The molecule has 2 N–H and O–H groups in total. The van der Waals surface area contributed by atoms with Crippen molar-refractivity contribution in [3.8, 4) is 33.8 Å². The fourth-order valence-corrected chi connectivity index (χ4v) is 6.09. The van der Waals surface area contributed by atoms with Gasteiger partial charge in [0.2, 0.25) is 0 Å². The predicted molar refractivity (Wildman–Crippen MR) is 128 cm³/mol. The number of nitrogens with one attached hydrogen (secondary N) is 1. The summed E-state index contributed by atoms with van der Waals surface area (Å²) in [5.41, 5.74) is 0.477. The van der Waals surface area contributed by atoms with Crippen LogP contribution in [0.15, 0.2) is 30.6 Å². The van der Waals surface area contributed by atoms with Gasteiger partial charge in [-0.2, -0.15) is 5.26 Å². The molecular formula is C24H26FN7OS. The quantitative estimate of drug-likeness (QED) is 0.576. The van der Waals surface area contributed by atoms with E-state index >= 15 is 4.39 Å². The number of hydrogen-bond acceptors (Lipinski definition) is 9. The van der Waals surface area contributed by atoms with Gasteiger partial charge in [-0.1, -0.05) is 6.07 Å². The van der Waals surface area contributed by atoms with Crippen molar-refractivity contribution in [1.82, 2.24) is 25.5 Å². The monoisotopic (exact) mass is 479 g/mol. The molecule has 8 nitrogen and oxygen atoms in total. The Labute approximate surface area is 201 Å². The lowest BCUT2D eigenvalue weighted by Crippen LogP contribution is -2.72. The summed E-state index contributed by atoms with van der Waals surface area (Å²) < 4.78 is 15.6. The molecule has 2 aliphatic rings. The number of benzene rings is 1. The van der Waals surface area contributed by atoms with Crippen molar-refractivity contribution in [3.63, 3.8) is 0 Å². The minimum atomic E-state index is -1.05. The SMILES string of the molecule is CN(c1cnc(-c2ccc(-c3ncc(C#N)s3)cc2O)nn1)[C@H]1C[C@]2(C)CCC[C@@](C)(N2)[C@H]1F. The molecule has 1 aromatic carbocycles. The molecule has 0 spiro atoms. The number of hydrogen-bond donors (Lipinski definition) is 2. The van der Waals surface area contributed by atoms with Crippen molar-refractivity contribution in [2.24, 2.45) is 0 Å². The minimum Gasteiger partial charge on any atom is -0.507 e. The van der Waals surface area contributed by atoms with E-state index in [1.807, 2.05) is 18.9 Å². The van der Waals surface area contributed by atoms with E-state index in [9.17, 15) is 5.11 Å². The Morgan fingerprint density at radius 1 is 1.24 bits per heavy atom. The van der Waals surface area contributed by atoms with Crippen molar-refractivity contribution in [2.75, 3.05) is 11.9 Å². The number of alkyl halides is 1. The Kier molecular flexibility index (Phi) is 5.49. The lowest BCUT2D eigenvalue weighted by Gasteiger charge is -2.56. The zero-order valence-electron chi connectivity index (χ0n) is 19.3. The van der Waals surface area contributed by atoms with Crippen molar-refractivity contribution in [2.45, 2.75) is 62.8 Å². The van der Waals surface area contributed by atoms with Crippen LogP contribution in [0.25, 0.3) is 22.0 Å². The lowest BCUT2D eigenvalue weighted by molar-refractivity contribution is 0.00193. The number of nitriles is 1. The van der Waals surface area contributed by atoms with E-state index in [-0.39, 0.29) is 23.2 Å². The Morgan fingerprint density at radius 3 is 2.74 bits per heavy atom. The van der Waals surface area contributed by atoms with Crippen molar-refractivity contribution >= 4 is 17.2 Å². The molecule has 5 rings (SSSR count). The Bertz CT molecular complexity index is 1260. The van der Waals surface area contributed by atoms with Gasteiger partial charge in [-0.05, 0) is 51.7 Å². The molecule has 2 fully saturated rings. The van der Waals surface area contributed by atoms with Crippen LogP contribution in [0.5, 0.6) is 5.75 Å². The summed E-state index contributed by atoms with van der Waals surface area (Å²) in [6.07, 6.45) is 5.57. The van der Waals surface area contributed by atoms with Crippen LogP contribution in [-0.4, -0.2) is 55.6 Å². The molecule has 0 unspecified atom stereocenters. The van der Waals surface area contributed by atoms with Crippen LogP contribution in [0.3, 0.4) is 0 Å². The van der Waals surface area contributed by atoms with Crippen molar-refractivity contribution in [1.29, 1.82) is 5.26 Å². The fourth-order valence-electron chi connectivity index (χ4n) is 5.38. The highest BCUT2D eigenvalue weighted by Crippen LogP contribution is 2.43. The van der Waals surface area contributed by atoms with Crippen LogP contribution in [0.4, 0.5) is 10.2 Å². The van der Waals surface area contributed by atoms with E-state index in [1.54, 1.807) is 24.4 Å². The number of thiazole rings is 1. The number of aromatic hydroxyl groups is 1. The maximum absolute atomic E-state index is 15.6. The Hall–Kier alpha value is -3.16. The number of aromatic nitrogens is 4. The van der Waals surface area contributed by atoms with Gasteiger partial charge in [0, 0.05) is 23.7 Å². The van der Waals surface area contributed by atoms with Gasteiger partial charge in [0.25, 0.3) is 0 Å². The zero-order valence-corrected chi connectivity index (χ0v) is 20.1. The third-order valence-corrected chi connectivity index (χ3v) is 8.08. The first kappa shape index (κ1) is 22.6. The molecule has 10 heteroatoms. The van der Waals surface area contributed by atoms with Gasteiger partial charge in [0.1, 0.15) is 27.9 Å². The summed E-state index contributed by atoms with van der Waals surface area (Å²) in [4.78, 5) is 11.0. The third kappa shape index (κ3) is 3.89. The number of phenolic OH excluding ortho intramolecular Hbond substituents is 1. The molecular weight excluding hydrogens is 453 g/mol. The Morgan fingerprint density at radius 2 is 2.06 bits per heavy atom. The number of phenols is 1. The van der Waals surface area contributed by atoms with Crippen LogP contribution >= 0.6 is 11.3 Å². The number of halogens is 1. The highest BCUT2D eigenvalue weighted by Gasteiger charge is 2.53. The average Bonchev–Trinajstić information content (AvgIpc) is 3.30. The van der Waals surface area contributed by atoms with Gasteiger partial charge in [-0.15, -0.1) is 21.5 Å². The second-order valence-electron chi connectivity index (χ2n) is 9.75. The van der Waals surface area contributed by atoms with E-state index in [1.165, 1.54) is 17.5 Å². The van der Waals surface area contributed by atoms with E-state index in [2.05, 4.69) is 38.5 Å². The summed E-state index contributed by atoms with van der Waals surface area (Å²) in [7, 11) is 1.84. The number of fused-ring (bicyclic) bond motifs is 2. The van der Waals surface area contributed by atoms with E-state index < -0.39 is 11.7 Å². The highest BCUT2D eigenvalue weighted by atomic mass is 32.1. The van der Waals surface area contributed by atoms with Crippen LogP contribution in [-0.2, 0) is 0 Å². The van der Waals surface area contributed by atoms with Gasteiger partial charge in [0.15, 0.2) is 11.6 Å². The third-order valence-electron chi connectivity index (χ3n) is 7.13. The second-order valence-corrected chi connectivity index (χ2v) is 10.8. The average molecular weight is 480 g/mol. The van der Waals surface area contributed by atoms with Gasteiger partial charge in [-0.25, -0.2) is 14.4 Å². The first-order valence-electron chi connectivity index (χ1n) is 11.3. The highest BCUT2D eigenvalue weighted by molar-refractivity contribution is 7.15. The molecule has 34 heavy (non-hydrogen) atoms. The number of anilines is 1. The maximum atomic E-state index is 15.6. The van der Waals surface area contributed by atoms with Gasteiger partial charge in [-0.3, -0.25) is 0 Å². The maximum Gasteiger partial charge on any atom is 0.185 e. The molecule has 4 heterocycles. The van der Waals surface area contributed by atoms with Crippen LogP contribution in [0.2, 0.25) is 0 Å². The molecule has 3 aromatic rings. The standard InChI is InChI=1S/C24H26FN7OS/c1-23-7-4-8-24(2,31-23)20(25)17(10-23)32(3)19-13-27-21(30-29-19)16-6-5-14(9-18(16)33)22-28-12-15(11-26)34-22/h5-6,9,12-13,17,20,31,33H,4,7-8,10H2,1-3H3/t17-,20-,23-,24+/m0/s1. The molecule has 0 saturated carbocycles. The fraction of sp³-hybridized carbons (Fsp3) is 0.458. The van der Waals surface area contributed by atoms with E-state index in [4.69, 9.17) is 5.26 Å². The summed E-state index contributed by atoms with van der Waals surface area (Å²) in [6.45, 7) is 4.14. The van der Waals surface area contributed by atoms with Gasteiger partial charge < -0.3 is 15.3 Å². The lowest BCUT2D eigenvalue weighted by atomic mass is 9.68. The normalized spacial score (nSPS) is 28.3. The van der Waals surface area contributed by atoms with Crippen LogP contribution < -0.4 is 10.2 Å². The summed E-state index contributed by atoms with van der Waals surface area (Å²) in [5, 5.41) is 32.3. The molecule has 0 aliphatic carbocycles. The minimum absolute atomic E-state index is 0.00929. The first-order valence-corrected chi connectivity index (χ1v) is 12.1. The molecule has 0 radical (unpaired) electrons. The van der Waals surface area contributed by atoms with Crippen LogP contribution in [0.1, 0.15) is 44.4 Å². The molecule has 176 valence electrons. The van der Waals surface area contributed by atoms with Gasteiger partial charge in [0.05, 0.1) is 24.0 Å². The van der Waals surface area contributed by atoms with Crippen LogP contribution in [0, 0.1) is 11.3 Å². The molecule has 4 atom stereocenters. The molecule has 2 aromatic heterocycles. The second kappa shape index (κ2) is 8.25. The largest absolute Gasteiger partial charge is 0.507 e. The van der Waals surface area contributed by atoms with E-state index in [0.717, 1.165) is 19.3 Å².